The predicted molar refractivity (Wildman–Crippen MR) is 97.7 cm³/mol. The van der Waals surface area contributed by atoms with Crippen LogP contribution in [0.5, 0.6) is 0 Å². The maximum absolute atomic E-state index is 2.40. The van der Waals surface area contributed by atoms with E-state index in [9.17, 15) is 0 Å². The Labute approximate surface area is 154 Å². The molecule has 0 saturated carbocycles. The van der Waals surface area contributed by atoms with Crippen LogP contribution in [0.15, 0.2) is 60.7 Å². The van der Waals surface area contributed by atoms with Gasteiger partial charge in [-0.1, -0.05) is 0 Å². The fraction of sp³-hybridized carbons (Fsp3) is 0.400. The van der Waals surface area contributed by atoms with Gasteiger partial charge in [-0.05, 0) is 0 Å². The molecule has 0 aliphatic carbocycles. The average molecular weight is 278 g/mol. The molecule has 0 aliphatic rings. The number of hydrogen-bond acceptors (Lipinski definition) is 0. The van der Waals surface area contributed by atoms with Gasteiger partial charge >= 0.3 is 155 Å². The van der Waals surface area contributed by atoms with Gasteiger partial charge in [0.1, 0.15) is 0 Å². The van der Waals surface area contributed by atoms with Crippen molar-refractivity contribution in [3.63, 3.8) is 0 Å². The second kappa shape index (κ2) is 10.4. The summed E-state index contributed by atoms with van der Waals surface area (Å²) < 4.78 is 1.45. The predicted octanol–water partition coefficient (Wildman–Crippen LogP) is 5.05. The molecule has 0 radical (unpaired) electrons. The summed E-state index contributed by atoms with van der Waals surface area (Å²) in [6, 6.07) is 21.8. The van der Waals surface area contributed by atoms with Gasteiger partial charge in [-0.25, -0.2) is 0 Å². The van der Waals surface area contributed by atoms with Gasteiger partial charge in [-0.2, -0.15) is 0 Å². The molecule has 0 amide bonds. The van der Waals surface area contributed by atoms with E-state index in [2.05, 4.69) is 96.1 Å². The van der Waals surface area contributed by atoms with Crippen LogP contribution in [-0.2, 0) is 6.42 Å². The summed E-state index contributed by atoms with van der Waals surface area (Å²) >= 11 is 4.77. The van der Waals surface area contributed by atoms with Crippen LogP contribution in [0.2, 0.25) is 4.59 Å². The van der Waals surface area contributed by atoms with Crippen molar-refractivity contribution in [2.75, 3.05) is 0 Å². The first-order chi connectivity index (χ1) is 10.8. The van der Waals surface area contributed by atoms with E-state index in [0.29, 0.717) is 4.59 Å². The normalized spacial score (nSPS) is 13.8. The SMILES string of the molecule is [Li][CH](CCCCCCc1ccccc1)[CH]([Li])c1ccccc1. The van der Waals surface area contributed by atoms with E-state index in [-0.39, 0.29) is 0 Å². The summed E-state index contributed by atoms with van der Waals surface area (Å²) in [6.07, 6.45) is 8.01. The summed E-state index contributed by atoms with van der Waals surface area (Å²) in [7, 11) is 0. The van der Waals surface area contributed by atoms with Gasteiger partial charge in [0.2, 0.25) is 0 Å². The summed E-state index contributed by atoms with van der Waals surface area (Å²) in [5.41, 5.74) is 2.97. The molecular weight excluding hydrogens is 254 g/mol. The van der Waals surface area contributed by atoms with Crippen LogP contribution in [0, 0.1) is 0 Å². The zero-order valence-corrected chi connectivity index (χ0v) is 14.2. The molecule has 0 bridgehead atoms. The van der Waals surface area contributed by atoms with E-state index in [1.54, 1.807) is 0 Å². The molecule has 2 atom stereocenters. The van der Waals surface area contributed by atoms with Crippen LogP contribution < -0.4 is 0 Å². The third-order valence-electron chi connectivity index (χ3n) is 4.90. The molecule has 0 heterocycles. The zero-order valence-electron chi connectivity index (χ0n) is 14.2. The molecule has 2 heteroatoms. The number of rotatable bonds is 9. The number of aryl methyl sites for hydroxylation is 1. The summed E-state index contributed by atoms with van der Waals surface area (Å²) in [5.74, 6) is 0. The molecule has 2 aromatic rings. The molecule has 2 unspecified atom stereocenters. The van der Waals surface area contributed by atoms with Gasteiger partial charge in [0.05, 0.1) is 0 Å². The fourth-order valence-electron chi connectivity index (χ4n) is 3.13. The Morgan fingerprint density at radius 2 is 1.27 bits per heavy atom. The van der Waals surface area contributed by atoms with Crippen molar-refractivity contribution >= 4 is 35.4 Å². The van der Waals surface area contributed by atoms with Crippen LogP contribution in [0.1, 0.15) is 47.8 Å². The third kappa shape index (κ3) is 6.40. The topological polar surface area (TPSA) is 0 Å². The van der Waals surface area contributed by atoms with Crippen LogP contribution in [-0.4, -0.2) is 35.4 Å². The van der Waals surface area contributed by atoms with Crippen molar-refractivity contribution < 1.29 is 0 Å². The van der Waals surface area contributed by atoms with Crippen LogP contribution in [0.3, 0.4) is 0 Å². The first-order valence-corrected chi connectivity index (χ1v) is 8.86. The third-order valence-corrected chi connectivity index (χ3v) is 4.90. The molecule has 106 valence electrons. The van der Waals surface area contributed by atoms with E-state index < -0.39 is 0 Å². The molecule has 0 aliphatic heterocycles. The van der Waals surface area contributed by atoms with Gasteiger partial charge in [0, 0.05) is 0 Å². The van der Waals surface area contributed by atoms with Crippen LogP contribution >= 0.6 is 0 Å². The van der Waals surface area contributed by atoms with E-state index in [1.807, 2.05) is 0 Å². The van der Waals surface area contributed by atoms with E-state index in [0.717, 1.165) is 4.59 Å². The quantitative estimate of drug-likeness (QED) is 0.445. The van der Waals surface area contributed by atoms with Gasteiger partial charge < -0.3 is 0 Å². The van der Waals surface area contributed by atoms with Gasteiger partial charge in [0.15, 0.2) is 0 Å². The molecule has 0 fully saturated rings. The van der Waals surface area contributed by atoms with Crippen LogP contribution in [0.25, 0.3) is 0 Å². The molecule has 22 heavy (non-hydrogen) atoms. The number of hydrogen-bond donors (Lipinski definition) is 0. The molecule has 0 nitrogen and oxygen atoms in total. The second-order valence-corrected chi connectivity index (χ2v) is 6.62. The first-order valence-electron chi connectivity index (χ1n) is 8.86. The van der Waals surface area contributed by atoms with E-state index in [4.69, 9.17) is 0 Å². The van der Waals surface area contributed by atoms with Crippen molar-refractivity contribution in [1.82, 2.24) is 0 Å². The first kappa shape index (κ1) is 18.0. The van der Waals surface area contributed by atoms with Gasteiger partial charge in [-0.15, -0.1) is 0 Å². The molecule has 0 aromatic heterocycles. The molecule has 0 spiro atoms. The second-order valence-electron chi connectivity index (χ2n) is 6.62. The van der Waals surface area contributed by atoms with Crippen molar-refractivity contribution in [2.24, 2.45) is 0 Å². The maximum atomic E-state index is 2.40. The molecule has 0 saturated heterocycles. The molecule has 0 N–H and O–H groups in total. The minimum absolute atomic E-state index is 0.672. The monoisotopic (exact) mass is 278 g/mol. The van der Waals surface area contributed by atoms with E-state index >= 15 is 0 Å². The number of unbranched alkanes of at least 4 members (excludes halogenated alkanes) is 3. The van der Waals surface area contributed by atoms with Crippen molar-refractivity contribution in [1.29, 1.82) is 0 Å². The van der Waals surface area contributed by atoms with Crippen molar-refractivity contribution in [3.05, 3.63) is 71.8 Å². The molecule has 2 rings (SSSR count). The molecular formula is C20H24Li2. The number of benzene rings is 2. The summed E-state index contributed by atoms with van der Waals surface area (Å²) in [5, 5.41) is 0. The van der Waals surface area contributed by atoms with Gasteiger partial charge in [0.25, 0.3) is 0 Å². The summed E-state index contributed by atoms with van der Waals surface area (Å²) in [4.78, 5) is 0. The Balaban J connectivity index is 1.58. The Morgan fingerprint density at radius 1 is 0.682 bits per heavy atom. The van der Waals surface area contributed by atoms with E-state index in [1.165, 1.54) is 49.7 Å². The fourth-order valence-corrected chi connectivity index (χ4v) is 3.13. The Morgan fingerprint density at radius 3 is 1.95 bits per heavy atom. The average Bonchev–Trinajstić information content (AvgIpc) is 2.58. The molecule has 2 aromatic carbocycles. The summed E-state index contributed by atoms with van der Waals surface area (Å²) in [6.45, 7) is 0. The van der Waals surface area contributed by atoms with Crippen molar-refractivity contribution in [3.8, 4) is 0 Å². The zero-order chi connectivity index (χ0) is 15.6. The Kier molecular flexibility index (Phi) is 8.51. The van der Waals surface area contributed by atoms with Gasteiger partial charge in [-0.3, -0.25) is 0 Å². The van der Waals surface area contributed by atoms with Crippen molar-refractivity contribution in [2.45, 2.75) is 47.7 Å². The minimum atomic E-state index is 0.672. The Bertz CT molecular complexity index is 510. The standard InChI is InChI=1S/C20H24.2Li/c1(3-7-13-19-15-9-5-10-16-19)2-4-8-14-20-17-11-6-12-18-20;;/h5-7,9-13,15-18H,1-4,8,14H2;;. The van der Waals surface area contributed by atoms with Crippen LogP contribution in [0.4, 0.5) is 0 Å². The Hall–Kier alpha value is -0.365.